The second-order valence-electron chi connectivity index (χ2n) is 7.16. The summed E-state index contributed by atoms with van der Waals surface area (Å²) in [7, 11) is 0. The smallest absolute Gasteiger partial charge is 0.271 e. The maximum Gasteiger partial charge on any atom is 0.271 e. The van der Waals surface area contributed by atoms with Crippen molar-refractivity contribution >= 4 is 62.0 Å². The Bertz CT molecular complexity index is 1290. The molecule has 1 aromatic carbocycles. The van der Waals surface area contributed by atoms with Crippen LogP contribution in [0.1, 0.15) is 59.0 Å². The van der Waals surface area contributed by atoms with Crippen LogP contribution in [0.2, 0.25) is 15.1 Å². The van der Waals surface area contributed by atoms with Gasteiger partial charge in [-0.15, -0.1) is 11.3 Å². The van der Waals surface area contributed by atoms with Gasteiger partial charge in [0.05, 0.1) is 20.5 Å². The molecule has 0 fully saturated rings. The van der Waals surface area contributed by atoms with Gasteiger partial charge >= 0.3 is 0 Å². The van der Waals surface area contributed by atoms with Gasteiger partial charge < -0.3 is 5.11 Å². The topological polar surface area (TPSA) is 83.1 Å². The van der Waals surface area contributed by atoms with Crippen molar-refractivity contribution in [3.63, 3.8) is 0 Å². The van der Waals surface area contributed by atoms with Crippen LogP contribution in [0, 0.1) is 18.3 Å². The molecule has 0 unspecified atom stereocenters. The van der Waals surface area contributed by atoms with E-state index in [1.807, 2.05) is 6.07 Å². The number of rotatable bonds is 7. The Morgan fingerprint density at radius 3 is 2.58 bits per heavy atom. The Hall–Kier alpha value is -2.04. The summed E-state index contributed by atoms with van der Waals surface area (Å²) in [6.45, 7) is 3.75. The molecule has 2 heterocycles. The maximum absolute atomic E-state index is 13.4. The molecule has 2 aromatic heterocycles. The predicted molar refractivity (Wildman–Crippen MR) is 126 cm³/mol. The minimum Gasteiger partial charge on any atom is -0.494 e. The number of ketones is 1. The molecule has 0 aliphatic rings. The number of carbonyl (C=O) groups is 1. The van der Waals surface area contributed by atoms with Gasteiger partial charge in [0, 0.05) is 21.7 Å². The molecule has 3 rings (SSSR count). The lowest BCUT2D eigenvalue weighted by Gasteiger charge is -2.15. The SMILES string of the molecule is CCCCCCn1c(O)c(C(=O)c2sc3cc(Cl)cc(Cl)c3c2Cl)c(C)c(C#N)c1=O. The average molecular weight is 498 g/mol. The summed E-state index contributed by atoms with van der Waals surface area (Å²) < 4.78 is 1.72. The summed E-state index contributed by atoms with van der Waals surface area (Å²) in [5.74, 6) is -1.03. The van der Waals surface area contributed by atoms with Crippen LogP contribution in [0.4, 0.5) is 0 Å². The predicted octanol–water partition coefficient (Wildman–Crippen LogP) is 6.72. The first-order valence-electron chi connectivity index (χ1n) is 9.71. The van der Waals surface area contributed by atoms with Crippen LogP contribution in [0.15, 0.2) is 16.9 Å². The molecule has 162 valence electrons. The molecule has 0 aliphatic carbocycles. The highest BCUT2D eigenvalue weighted by Crippen LogP contribution is 2.43. The third-order valence-corrected chi connectivity index (χ3v) is 7.26. The van der Waals surface area contributed by atoms with Gasteiger partial charge in [0.15, 0.2) is 0 Å². The first-order valence-corrected chi connectivity index (χ1v) is 11.7. The third-order valence-electron chi connectivity index (χ3n) is 5.12. The molecule has 31 heavy (non-hydrogen) atoms. The highest BCUT2D eigenvalue weighted by molar-refractivity contribution is 7.22. The molecule has 0 radical (unpaired) electrons. The number of aromatic nitrogens is 1. The van der Waals surface area contributed by atoms with E-state index in [-0.39, 0.29) is 33.1 Å². The molecule has 0 aliphatic heterocycles. The third kappa shape index (κ3) is 4.33. The van der Waals surface area contributed by atoms with E-state index in [2.05, 4.69) is 6.92 Å². The van der Waals surface area contributed by atoms with Gasteiger partial charge in [0.1, 0.15) is 11.6 Å². The molecule has 0 bridgehead atoms. The number of unbranched alkanes of at least 4 members (excludes halogenated alkanes) is 3. The van der Waals surface area contributed by atoms with Crippen molar-refractivity contribution in [3.8, 4) is 11.9 Å². The standard InChI is InChI=1S/C22H19Cl3N2O3S/c1-3-4-5-6-7-27-21(29)13(10-26)11(2)16(22(27)30)19(28)20-18(25)17-14(24)8-12(23)9-15(17)31-20/h8-9,30H,3-7H2,1-2H3. The monoisotopic (exact) mass is 496 g/mol. The minimum absolute atomic E-state index is 0.109. The van der Waals surface area contributed by atoms with Crippen LogP contribution in [0.3, 0.4) is 0 Å². The van der Waals surface area contributed by atoms with Crippen molar-refractivity contribution in [1.29, 1.82) is 5.26 Å². The van der Waals surface area contributed by atoms with Crippen molar-refractivity contribution in [3.05, 3.63) is 59.1 Å². The molecule has 3 aromatic rings. The number of aromatic hydroxyl groups is 1. The second-order valence-corrected chi connectivity index (χ2v) is 9.44. The van der Waals surface area contributed by atoms with Crippen LogP contribution >= 0.6 is 46.1 Å². The lowest BCUT2D eigenvalue weighted by Crippen LogP contribution is -2.26. The van der Waals surface area contributed by atoms with E-state index in [0.717, 1.165) is 35.2 Å². The number of pyridine rings is 1. The number of hydrogen-bond donors (Lipinski definition) is 1. The van der Waals surface area contributed by atoms with Crippen molar-refractivity contribution in [2.24, 2.45) is 0 Å². The van der Waals surface area contributed by atoms with Gasteiger partial charge in [0.25, 0.3) is 5.56 Å². The molecule has 0 amide bonds. The highest BCUT2D eigenvalue weighted by Gasteiger charge is 2.28. The number of thiophene rings is 1. The molecule has 9 heteroatoms. The van der Waals surface area contributed by atoms with Crippen molar-refractivity contribution in [2.75, 3.05) is 0 Å². The van der Waals surface area contributed by atoms with Crippen molar-refractivity contribution in [2.45, 2.75) is 46.1 Å². The fourth-order valence-corrected chi connectivity index (χ4v) is 5.82. The fraction of sp³-hybridized carbons (Fsp3) is 0.318. The van der Waals surface area contributed by atoms with Crippen LogP contribution in [-0.2, 0) is 6.54 Å². The molecule has 0 saturated heterocycles. The Kier molecular flexibility index (Phi) is 7.33. The Balaban J connectivity index is 2.18. The van der Waals surface area contributed by atoms with Gasteiger partial charge in [-0.3, -0.25) is 14.2 Å². The average Bonchev–Trinajstić information content (AvgIpc) is 3.04. The van der Waals surface area contributed by atoms with E-state index in [1.165, 1.54) is 13.0 Å². The quantitative estimate of drug-likeness (QED) is 0.290. The minimum atomic E-state index is -0.609. The number of nitriles is 1. The summed E-state index contributed by atoms with van der Waals surface area (Å²) in [5.41, 5.74) is -0.766. The fourth-order valence-electron chi connectivity index (χ4n) is 3.50. The number of halogens is 3. The van der Waals surface area contributed by atoms with Crippen LogP contribution < -0.4 is 5.56 Å². The first-order chi connectivity index (χ1) is 14.7. The van der Waals surface area contributed by atoms with Gasteiger partial charge in [-0.05, 0) is 31.0 Å². The summed E-state index contributed by atoms with van der Waals surface area (Å²) in [5, 5.41) is 21.7. The zero-order chi connectivity index (χ0) is 22.9. The Morgan fingerprint density at radius 1 is 1.23 bits per heavy atom. The van der Waals surface area contributed by atoms with Gasteiger partial charge in [0.2, 0.25) is 11.7 Å². The Morgan fingerprint density at radius 2 is 1.94 bits per heavy atom. The largest absolute Gasteiger partial charge is 0.494 e. The lowest BCUT2D eigenvalue weighted by molar-refractivity contribution is 0.103. The second kappa shape index (κ2) is 9.62. The van der Waals surface area contributed by atoms with Gasteiger partial charge in [-0.1, -0.05) is 61.0 Å². The number of nitrogens with zero attached hydrogens (tertiary/aromatic N) is 2. The summed E-state index contributed by atoms with van der Waals surface area (Å²) >= 11 is 19.9. The number of carbonyl (C=O) groups excluding carboxylic acids is 1. The Labute approximate surface area is 198 Å². The van der Waals surface area contributed by atoms with Gasteiger partial charge in [-0.25, -0.2) is 0 Å². The van der Waals surface area contributed by atoms with E-state index in [0.29, 0.717) is 26.6 Å². The van der Waals surface area contributed by atoms with Crippen LogP contribution in [0.5, 0.6) is 5.88 Å². The van der Waals surface area contributed by atoms with E-state index < -0.39 is 17.2 Å². The summed E-state index contributed by atoms with van der Waals surface area (Å²) in [6.07, 6.45) is 3.50. The van der Waals surface area contributed by atoms with Crippen LogP contribution in [-0.4, -0.2) is 15.5 Å². The van der Waals surface area contributed by atoms with Crippen LogP contribution in [0.25, 0.3) is 10.1 Å². The molecular formula is C22H19Cl3N2O3S. The molecule has 0 spiro atoms. The van der Waals surface area contributed by atoms with Crippen molar-refractivity contribution in [1.82, 2.24) is 4.57 Å². The number of hydrogen-bond acceptors (Lipinski definition) is 5. The summed E-state index contributed by atoms with van der Waals surface area (Å²) in [4.78, 5) is 26.3. The van der Waals surface area contributed by atoms with E-state index in [1.54, 1.807) is 6.07 Å². The molecule has 1 N–H and O–H groups in total. The summed E-state index contributed by atoms with van der Waals surface area (Å²) in [6, 6.07) is 5.06. The normalized spacial score (nSPS) is 11.1. The van der Waals surface area contributed by atoms with E-state index in [4.69, 9.17) is 34.8 Å². The molecular weight excluding hydrogens is 479 g/mol. The molecule has 5 nitrogen and oxygen atoms in total. The van der Waals surface area contributed by atoms with E-state index >= 15 is 0 Å². The highest BCUT2D eigenvalue weighted by atomic mass is 35.5. The van der Waals surface area contributed by atoms with Gasteiger partial charge in [-0.2, -0.15) is 5.26 Å². The zero-order valence-corrected chi connectivity index (χ0v) is 20.0. The maximum atomic E-state index is 13.4. The number of fused-ring (bicyclic) bond motifs is 1. The number of benzene rings is 1. The lowest BCUT2D eigenvalue weighted by atomic mass is 10.0. The zero-order valence-electron chi connectivity index (χ0n) is 16.9. The molecule has 0 atom stereocenters. The molecule has 0 saturated carbocycles. The first kappa shape index (κ1) is 23.6. The van der Waals surface area contributed by atoms with Crippen molar-refractivity contribution < 1.29 is 9.90 Å². The van der Waals surface area contributed by atoms with E-state index in [9.17, 15) is 20.0 Å².